The highest BCUT2D eigenvalue weighted by Crippen LogP contribution is 2.15. The Hall–Kier alpha value is -2.09. The van der Waals surface area contributed by atoms with Crippen LogP contribution in [0.15, 0.2) is 29.3 Å². The Balaban J connectivity index is 1.89. The molecule has 0 aliphatic heterocycles. The van der Waals surface area contributed by atoms with E-state index in [1.54, 1.807) is 0 Å². The first-order valence-electron chi connectivity index (χ1n) is 9.44. The van der Waals surface area contributed by atoms with E-state index in [9.17, 15) is 8.42 Å². The minimum atomic E-state index is -2.94. The lowest BCUT2D eigenvalue weighted by Crippen LogP contribution is -2.42. The highest BCUT2D eigenvalue weighted by molar-refractivity contribution is 7.90. The molecule has 1 aromatic carbocycles. The van der Waals surface area contributed by atoms with Crippen molar-refractivity contribution in [1.29, 1.82) is 0 Å². The molecule has 1 unspecified atom stereocenters. The monoisotopic (exact) mass is 393 g/mol. The molecule has 2 aromatic rings. The van der Waals surface area contributed by atoms with Crippen LogP contribution >= 0.6 is 0 Å². The first-order chi connectivity index (χ1) is 12.8. The molecule has 27 heavy (non-hydrogen) atoms. The van der Waals surface area contributed by atoms with Crippen molar-refractivity contribution in [3.05, 3.63) is 30.1 Å². The predicted octanol–water partition coefficient (Wildman–Crippen LogP) is 2.11. The number of para-hydroxylation sites is 2. The van der Waals surface area contributed by atoms with Crippen LogP contribution in [0.1, 0.15) is 32.5 Å². The Morgan fingerprint density at radius 2 is 2.07 bits per heavy atom. The van der Waals surface area contributed by atoms with Crippen molar-refractivity contribution >= 4 is 26.8 Å². The second-order valence-electron chi connectivity index (χ2n) is 6.88. The summed E-state index contributed by atoms with van der Waals surface area (Å²) >= 11 is 0. The first-order valence-corrected chi connectivity index (χ1v) is 11.5. The number of nitrogens with zero attached hydrogens (tertiary/aromatic N) is 3. The highest BCUT2D eigenvalue weighted by atomic mass is 32.2. The van der Waals surface area contributed by atoms with Gasteiger partial charge < -0.3 is 15.2 Å². The van der Waals surface area contributed by atoms with Crippen molar-refractivity contribution in [2.75, 3.05) is 25.1 Å². The van der Waals surface area contributed by atoms with Crippen molar-refractivity contribution < 1.29 is 8.42 Å². The average Bonchev–Trinajstić information content (AvgIpc) is 2.92. The van der Waals surface area contributed by atoms with Gasteiger partial charge in [0.1, 0.15) is 15.7 Å². The van der Waals surface area contributed by atoms with E-state index in [2.05, 4.69) is 31.2 Å². The minimum absolute atomic E-state index is 0.0392. The minimum Gasteiger partial charge on any atom is -0.357 e. The number of benzene rings is 1. The van der Waals surface area contributed by atoms with Crippen LogP contribution in [0.25, 0.3) is 11.0 Å². The van der Waals surface area contributed by atoms with Gasteiger partial charge in [-0.05, 0) is 45.7 Å². The molecule has 0 saturated carbocycles. The summed E-state index contributed by atoms with van der Waals surface area (Å²) in [5.74, 6) is 1.92. The maximum atomic E-state index is 11.3. The number of guanidine groups is 1. The third-order valence-electron chi connectivity index (χ3n) is 4.30. The molecule has 8 heteroatoms. The molecule has 0 aliphatic carbocycles. The summed E-state index contributed by atoms with van der Waals surface area (Å²) in [5, 5.41) is 6.50. The number of aryl methyl sites for hydroxylation is 2. The fourth-order valence-corrected chi connectivity index (χ4v) is 3.70. The Bertz CT molecular complexity index is 873. The van der Waals surface area contributed by atoms with E-state index in [4.69, 9.17) is 0 Å². The van der Waals surface area contributed by atoms with Crippen LogP contribution < -0.4 is 10.6 Å². The van der Waals surface area contributed by atoms with E-state index in [1.807, 2.05) is 39.0 Å². The van der Waals surface area contributed by atoms with Crippen molar-refractivity contribution in [1.82, 2.24) is 20.2 Å². The number of aromatic nitrogens is 2. The lowest BCUT2D eigenvalue weighted by Gasteiger charge is -2.17. The van der Waals surface area contributed by atoms with Crippen LogP contribution in [0, 0.1) is 6.92 Å². The van der Waals surface area contributed by atoms with Crippen LogP contribution in [0.3, 0.4) is 0 Å². The van der Waals surface area contributed by atoms with Gasteiger partial charge in [0.2, 0.25) is 0 Å². The number of aliphatic imine (C=N–C) groups is 1. The molecule has 2 N–H and O–H groups in total. The fraction of sp³-hybridized carbons (Fsp3) is 0.579. The van der Waals surface area contributed by atoms with Gasteiger partial charge >= 0.3 is 0 Å². The number of imidazole rings is 1. The molecule has 0 saturated heterocycles. The van der Waals surface area contributed by atoms with Crippen LogP contribution in [0.2, 0.25) is 0 Å². The summed E-state index contributed by atoms with van der Waals surface area (Å²) in [4.78, 5) is 9.21. The van der Waals surface area contributed by atoms with Crippen LogP contribution in [0.5, 0.6) is 0 Å². The van der Waals surface area contributed by atoms with Gasteiger partial charge in [-0.15, -0.1) is 0 Å². The number of fused-ring (bicyclic) bond motifs is 1. The summed E-state index contributed by atoms with van der Waals surface area (Å²) < 4.78 is 24.8. The van der Waals surface area contributed by atoms with Crippen molar-refractivity contribution in [2.45, 2.75) is 46.2 Å². The Labute approximate surface area is 162 Å². The standard InChI is InChI=1S/C19H31N5O2S/c1-5-20-19(22-15(2)11-14-27(4,25)26)21-12-8-13-24-16(3)23-17-9-6-7-10-18(17)24/h6-7,9-10,15H,5,8,11-14H2,1-4H3,(H2,20,21,22). The van der Waals surface area contributed by atoms with Crippen LogP contribution in [-0.2, 0) is 16.4 Å². The van der Waals surface area contributed by atoms with E-state index in [0.717, 1.165) is 42.3 Å². The molecule has 0 spiro atoms. The summed E-state index contributed by atoms with van der Waals surface area (Å²) in [6.45, 7) is 8.31. The van der Waals surface area contributed by atoms with Gasteiger partial charge in [-0.1, -0.05) is 12.1 Å². The molecular weight excluding hydrogens is 362 g/mol. The zero-order valence-electron chi connectivity index (χ0n) is 16.7. The number of nitrogens with one attached hydrogen (secondary N) is 2. The second-order valence-corrected chi connectivity index (χ2v) is 9.14. The van der Waals surface area contributed by atoms with Crippen molar-refractivity contribution in [2.24, 2.45) is 4.99 Å². The maximum absolute atomic E-state index is 11.3. The highest BCUT2D eigenvalue weighted by Gasteiger charge is 2.10. The smallest absolute Gasteiger partial charge is 0.191 e. The zero-order chi connectivity index (χ0) is 19.9. The van der Waals surface area contributed by atoms with E-state index < -0.39 is 9.84 Å². The molecule has 2 rings (SSSR count). The molecule has 1 aromatic heterocycles. The zero-order valence-corrected chi connectivity index (χ0v) is 17.5. The van der Waals surface area contributed by atoms with Gasteiger partial charge in [-0.3, -0.25) is 4.99 Å². The topological polar surface area (TPSA) is 88.4 Å². The van der Waals surface area contributed by atoms with Gasteiger partial charge in [0, 0.05) is 31.9 Å². The van der Waals surface area contributed by atoms with Gasteiger partial charge in [0.25, 0.3) is 0 Å². The first kappa shape index (κ1) is 21.2. The molecule has 0 radical (unpaired) electrons. The van der Waals surface area contributed by atoms with E-state index in [1.165, 1.54) is 6.26 Å². The van der Waals surface area contributed by atoms with Crippen LogP contribution in [-0.4, -0.2) is 55.1 Å². The Kier molecular flexibility index (Phi) is 7.65. The lowest BCUT2D eigenvalue weighted by atomic mass is 10.3. The van der Waals surface area contributed by atoms with Crippen molar-refractivity contribution in [3.8, 4) is 0 Å². The number of sulfone groups is 1. The van der Waals surface area contributed by atoms with E-state index >= 15 is 0 Å². The summed E-state index contributed by atoms with van der Waals surface area (Å²) in [5.41, 5.74) is 2.17. The molecule has 0 fully saturated rings. The lowest BCUT2D eigenvalue weighted by molar-refractivity contribution is 0.580. The summed E-state index contributed by atoms with van der Waals surface area (Å²) in [6.07, 6.45) is 2.72. The van der Waals surface area contributed by atoms with Gasteiger partial charge in [0.15, 0.2) is 5.96 Å². The molecule has 7 nitrogen and oxygen atoms in total. The second kappa shape index (κ2) is 9.73. The Morgan fingerprint density at radius 1 is 1.33 bits per heavy atom. The Morgan fingerprint density at radius 3 is 2.78 bits per heavy atom. The maximum Gasteiger partial charge on any atom is 0.191 e. The number of hydrogen-bond donors (Lipinski definition) is 2. The average molecular weight is 394 g/mol. The summed E-state index contributed by atoms with van der Waals surface area (Å²) in [6, 6.07) is 8.19. The van der Waals surface area contributed by atoms with Gasteiger partial charge in [-0.25, -0.2) is 13.4 Å². The van der Waals surface area contributed by atoms with Crippen molar-refractivity contribution in [3.63, 3.8) is 0 Å². The third-order valence-corrected chi connectivity index (χ3v) is 5.28. The number of rotatable bonds is 9. The fourth-order valence-electron chi connectivity index (χ4n) is 2.91. The van der Waals surface area contributed by atoms with Gasteiger partial charge in [0.05, 0.1) is 16.8 Å². The predicted molar refractivity (Wildman–Crippen MR) is 112 cm³/mol. The SMILES string of the molecule is CCNC(=NCCCn1c(C)nc2ccccc21)NC(C)CCS(C)(=O)=O. The quantitative estimate of drug-likeness (QED) is 0.387. The molecule has 0 bridgehead atoms. The van der Waals surface area contributed by atoms with E-state index in [-0.39, 0.29) is 11.8 Å². The molecule has 0 aliphatic rings. The molecule has 1 atom stereocenters. The molecule has 150 valence electrons. The molecular formula is C19H31N5O2S. The van der Waals surface area contributed by atoms with E-state index in [0.29, 0.717) is 13.0 Å². The summed E-state index contributed by atoms with van der Waals surface area (Å²) in [7, 11) is -2.94. The molecule has 1 heterocycles. The van der Waals surface area contributed by atoms with Crippen LogP contribution in [0.4, 0.5) is 0 Å². The van der Waals surface area contributed by atoms with Gasteiger partial charge in [-0.2, -0.15) is 0 Å². The largest absolute Gasteiger partial charge is 0.357 e. The normalized spacial score (nSPS) is 13.7. The third kappa shape index (κ3) is 6.86. The molecule has 0 amide bonds. The number of hydrogen-bond acceptors (Lipinski definition) is 4.